The molecule has 0 aliphatic carbocycles. The average molecular weight is 485 g/mol. The zero-order chi connectivity index (χ0) is 17.6. The number of hydrogen-bond donors (Lipinski definition) is 2. The molecule has 4 rings (SSSR count). The van der Waals surface area contributed by atoms with E-state index in [1.807, 2.05) is 29.8 Å². The third-order valence-corrected chi connectivity index (χ3v) is 5.77. The summed E-state index contributed by atoms with van der Waals surface area (Å²) in [5.74, 6) is 0. The third kappa shape index (κ3) is 3.45. The number of benzene rings is 1. The molecule has 2 aromatic heterocycles. The molecule has 1 unspecified atom stereocenters. The number of nitrogens with zero attached hydrogens (tertiary/aromatic N) is 2. The maximum Gasteiger partial charge on any atom is 0.140 e. The summed E-state index contributed by atoms with van der Waals surface area (Å²) in [5, 5.41) is 7.86. The Morgan fingerprint density at radius 1 is 1.32 bits per heavy atom. The number of imidazole rings is 1. The summed E-state index contributed by atoms with van der Waals surface area (Å²) < 4.78 is 4.16. The van der Waals surface area contributed by atoms with Crippen LogP contribution in [-0.2, 0) is 6.54 Å². The lowest BCUT2D eigenvalue weighted by Crippen LogP contribution is -2.28. The minimum atomic E-state index is 0.291. The molecule has 0 fully saturated rings. The molecule has 0 spiro atoms. The van der Waals surface area contributed by atoms with Crippen LogP contribution in [0, 0.1) is 6.92 Å². The van der Waals surface area contributed by atoms with E-state index in [0.717, 1.165) is 43.8 Å². The molecule has 1 aliphatic heterocycles. The summed E-state index contributed by atoms with van der Waals surface area (Å²) in [7, 11) is 0. The van der Waals surface area contributed by atoms with Gasteiger partial charge in [-0.2, -0.15) is 0 Å². The van der Waals surface area contributed by atoms with Gasteiger partial charge in [0.05, 0.1) is 16.4 Å². The van der Waals surface area contributed by atoms with E-state index >= 15 is 0 Å². The van der Waals surface area contributed by atoms with Gasteiger partial charge in [0, 0.05) is 40.5 Å². The molecule has 7 heteroatoms. The van der Waals surface area contributed by atoms with Gasteiger partial charge in [-0.05, 0) is 58.6 Å². The molecule has 3 aromatic rings. The van der Waals surface area contributed by atoms with Crippen molar-refractivity contribution < 1.29 is 0 Å². The number of anilines is 1. The molecule has 3 heterocycles. The summed E-state index contributed by atoms with van der Waals surface area (Å²) in [5.41, 5.74) is 5.50. The third-order valence-electron chi connectivity index (χ3n) is 4.48. The lowest BCUT2D eigenvalue weighted by molar-refractivity contribution is 0.497. The van der Waals surface area contributed by atoms with Crippen LogP contribution >= 0.6 is 43.5 Å². The van der Waals surface area contributed by atoms with Crippen molar-refractivity contribution >= 4 is 54.8 Å². The minimum Gasteiger partial charge on any atom is -0.384 e. The highest BCUT2D eigenvalue weighted by molar-refractivity contribution is 9.11. The van der Waals surface area contributed by atoms with Gasteiger partial charge in [0.1, 0.15) is 5.65 Å². The number of hydrogen-bond acceptors (Lipinski definition) is 3. The Labute approximate surface area is 168 Å². The molecule has 1 atom stereocenters. The largest absolute Gasteiger partial charge is 0.384 e. The molecular weight excluding hydrogens is 467 g/mol. The Bertz CT molecular complexity index is 954. The molecule has 4 nitrogen and oxygen atoms in total. The summed E-state index contributed by atoms with van der Waals surface area (Å²) in [6, 6.07) is 6.49. The van der Waals surface area contributed by atoms with Gasteiger partial charge in [0.25, 0.3) is 0 Å². The van der Waals surface area contributed by atoms with Crippen LogP contribution in [0.15, 0.2) is 39.5 Å². The fourth-order valence-electron chi connectivity index (χ4n) is 3.35. The molecule has 0 saturated carbocycles. The lowest BCUT2D eigenvalue weighted by Gasteiger charge is -2.28. The maximum absolute atomic E-state index is 6.14. The smallest absolute Gasteiger partial charge is 0.140 e. The van der Waals surface area contributed by atoms with E-state index < -0.39 is 0 Å². The van der Waals surface area contributed by atoms with Crippen molar-refractivity contribution in [2.45, 2.75) is 25.9 Å². The van der Waals surface area contributed by atoms with Crippen LogP contribution in [0.2, 0.25) is 5.02 Å². The molecule has 1 aliphatic rings. The standard InChI is InChI=1S/C18H17Br2ClN4/c1-10-4-12(21)8-25-9-13(24-18(10)25)7-23-16-2-3-22-17-14(16)5-11(19)6-15(17)20/h4-6,8-9,16,22-23H,2-3,7H2,1H3. The Morgan fingerprint density at radius 2 is 2.16 bits per heavy atom. The van der Waals surface area contributed by atoms with Crippen molar-refractivity contribution in [1.29, 1.82) is 0 Å². The van der Waals surface area contributed by atoms with Crippen molar-refractivity contribution in [2.24, 2.45) is 0 Å². The highest BCUT2D eigenvalue weighted by Crippen LogP contribution is 2.38. The summed E-state index contributed by atoms with van der Waals surface area (Å²) in [6.07, 6.45) is 4.97. The van der Waals surface area contributed by atoms with Gasteiger partial charge in [0.15, 0.2) is 0 Å². The molecule has 25 heavy (non-hydrogen) atoms. The van der Waals surface area contributed by atoms with Crippen molar-refractivity contribution in [2.75, 3.05) is 11.9 Å². The monoisotopic (exact) mass is 482 g/mol. The first-order chi connectivity index (χ1) is 12.0. The molecule has 2 N–H and O–H groups in total. The zero-order valence-corrected chi connectivity index (χ0v) is 17.5. The van der Waals surface area contributed by atoms with Crippen LogP contribution in [0.25, 0.3) is 5.65 Å². The number of nitrogens with one attached hydrogen (secondary N) is 2. The van der Waals surface area contributed by atoms with Crippen molar-refractivity contribution in [3.8, 4) is 0 Å². The number of pyridine rings is 1. The van der Waals surface area contributed by atoms with Crippen LogP contribution in [0.4, 0.5) is 5.69 Å². The predicted molar refractivity (Wildman–Crippen MR) is 109 cm³/mol. The molecular formula is C18H17Br2ClN4. The normalized spacial score (nSPS) is 16.7. The Morgan fingerprint density at radius 3 is 3.00 bits per heavy atom. The van der Waals surface area contributed by atoms with Gasteiger partial charge in [-0.3, -0.25) is 0 Å². The quantitative estimate of drug-likeness (QED) is 0.518. The topological polar surface area (TPSA) is 41.4 Å². The fraction of sp³-hybridized carbons (Fsp3) is 0.278. The molecule has 0 bridgehead atoms. The van der Waals surface area contributed by atoms with Crippen LogP contribution in [0.3, 0.4) is 0 Å². The van der Waals surface area contributed by atoms with Crippen molar-refractivity contribution in [1.82, 2.24) is 14.7 Å². The van der Waals surface area contributed by atoms with Gasteiger partial charge in [-0.1, -0.05) is 27.5 Å². The molecule has 0 radical (unpaired) electrons. The first kappa shape index (κ1) is 17.3. The Kier molecular flexibility index (Phi) is 4.79. The molecule has 0 saturated heterocycles. The van der Waals surface area contributed by atoms with E-state index in [2.05, 4.69) is 54.6 Å². The predicted octanol–water partition coefficient (Wildman–Crippen LogP) is 5.47. The maximum atomic E-state index is 6.14. The summed E-state index contributed by atoms with van der Waals surface area (Å²) in [6.45, 7) is 3.70. The van der Waals surface area contributed by atoms with Gasteiger partial charge >= 0.3 is 0 Å². The van der Waals surface area contributed by atoms with Crippen LogP contribution in [0.5, 0.6) is 0 Å². The van der Waals surface area contributed by atoms with E-state index in [1.54, 1.807) is 0 Å². The second-order valence-electron chi connectivity index (χ2n) is 6.31. The minimum absolute atomic E-state index is 0.291. The molecule has 130 valence electrons. The van der Waals surface area contributed by atoms with Gasteiger partial charge in [-0.15, -0.1) is 0 Å². The number of aryl methyl sites for hydroxylation is 1. The number of rotatable bonds is 3. The van der Waals surface area contributed by atoms with Gasteiger partial charge < -0.3 is 15.0 Å². The summed E-state index contributed by atoms with van der Waals surface area (Å²) in [4.78, 5) is 4.74. The second kappa shape index (κ2) is 6.91. The zero-order valence-electron chi connectivity index (χ0n) is 13.6. The van der Waals surface area contributed by atoms with Gasteiger partial charge in [0.2, 0.25) is 0 Å². The van der Waals surface area contributed by atoms with E-state index in [9.17, 15) is 0 Å². The van der Waals surface area contributed by atoms with Crippen molar-refractivity contribution in [3.63, 3.8) is 0 Å². The first-order valence-corrected chi connectivity index (χ1v) is 10.1. The Balaban J connectivity index is 1.58. The van der Waals surface area contributed by atoms with Crippen LogP contribution in [-0.4, -0.2) is 15.9 Å². The van der Waals surface area contributed by atoms with E-state index in [-0.39, 0.29) is 0 Å². The van der Waals surface area contributed by atoms with E-state index in [0.29, 0.717) is 12.6 Å². The van der Waals surface area contributed by atoms with Crippen LogP contribution < -0.4 is 10.6 Å². The summed E-state index contributed by atoms with van der Waals surface area (Å²) >= 11 is 13.4. The number of aromatic nitrogens is 2. The van der Waals surface area contributed by atoms with Gasteiger partial charge in [-0.25, -0.2) is 4.98 Å². The fourth-order valence-corrected chi connectivity index (χ4v) is 5.02. The second-order valence-corrected chi connectivity index (χ2v) is 8.51. The Hall–Kier alpha value is -1.08. The van der Waals surface area contributed by atoms with Crippen molar-refractivity contribution in [3.05, 3.63) is 61.4 Å². The van der Waals surface area contributed by atoms with E-state index in [1.165, 1.54) is 11.3 Å². The molecule has 1 aromatic carbocycles. The highest BCUT2D eigenvalue weighted by atomic mass is 79.9. The molecule has 0 amide bonds. The number of fused-ring (bicyclic) bond motifs is 2. The van der Waals surface area contributed by atoms with Crippen LogP contribution in [0.1, 0.15) is 29.3 Å². The van der Waals surface area contributed by atoms with E-state index in [4.69, 9.17) is 16.6 Å². The SMILES string of the molecule is Cc1cc(Cl)cn2cc(CNC3CCNc4c(Br)cc(Br)cc43)nc12. The first-order valence-electron chi connectivity index (χ1n) is 8.11. The average Bonchev–Trinajstić information content (AvgIpc) is 2.96. The highest BCUT2D eigenvalue weighted by Gasteiger charge is 2.22. The lowest BCUT2D eigenvalue weighted by atomic mass is 9.98. The number of halogens is 3.